The van der Waals surface area contributed by atoms with Crippen molar-refractivity contribution in [3.8, 4) is 0 Å². The van der Waals surface area contributed by atoms with Gasteiger partial charge in [-0.1, -0.05) is 6.92 Å². The summed E-state index contributed by atoms with van der Waals surface area (Å²) in [5.41, 5.74) is 10.3. The van der Waals surface area contributed by atoms with Gasteiger partial charge in [-0.25, -0.2) is 0 Å². The van der Waals surface area contributed by atoms with Gasteiger partial charge in [0.1, 0.15) is 42.8 Å². The number of ether oxygens (including phenoxy) is 1. The number of hydrogen-bond donors (Lipinski definition) is 9. The Morgan fingerprint density at radius 2 is 1.62 bits per heavy atom. The predicted molar refractivity (Wildman–Crippen MR) is 121 cm³/mol. The quantitative estimate of drug-likeness (QED) is 0.0741. The summed E-state index contributed by atoms with van der Waals surface area (Å²) < 4.78 is 5.39. The summed E-state index contributed by atoms with van der Waals surface area (Å²) in [7, 11) is 0. The molecule has 0 aliphatic carbocycles. The zero-order valence-electron chi connectivity index (χ0n) is 20.2. The van der Waals surface area contributed by atoms with E-state index < -0.39 is 104 Å². The Morgan fingerprint density at radius 3 is 2.05 bits per heavy atom. The summed E-state index contributed by atoms with van der Waals surface area (Å²) in [6.07, 6.45) is -8.61. The van der Waals surface area contributed by atoms with Gasteiger partial charge >= 0.3 is 5.97 Å². The van der Waals surface area contributed by atoms with Crippen molar-refractivity contribution in [1.82, 2.24) is 16.0 Å². The van der Waals surface area contributed by atoms with Crippen LogP contribution in [0.15, 0.2) is 0 Å². The fourth-order valence-corrected chi connectivity index (χ4v) is 3.01. The van der Waals surface area contributed by atoms with Gasteiger partial charge in [0.05, 0.1) is 19.1 Å². The zero-order valence-corrected chi connectivity index (χ0v) is 20.2. The largest absolute Gasteiger partial charge is 0.481 e. The Kier molecular flexibility index (Phi) is 14.5. The van der Waals surface area contributed by atoms with Crippen LogP contribution in [0.2, 0.25) is 0 Å². The first-order valence-corrected chi connectivity index (χ1v) is 10.9. The second kappa shape index (κ2) is 16.1. The maximum Gasteiger partial charge on any atom is 0.303 e. The van der Waals surface area contributed by atoms with E-state index in [1.807, 2.05) is 0 Å². The lowest BCUT2D eigenvalue weighted by Crippen LogP contribution is -2.58. The maximum absolute atomic E-state index is 12.8. The monoisotopic (exact) mass is 535 g/mol. The van der Waals surface area contributed by atoms with Gasteiger partial charge in [-0.05, 0) is 6.42 Å². The maximum atomic E-state index is 12.8. The van der Waals surface area contributed by atoms with Crippen molar-refractivity contribution in [3.63, 3.8) is 0 Å². The van der Waals surface area contributed by atoms with E-state index >= 15 is 0 Å². The first kappa shape index (κ1) is 33.3. The summed E-state index contributed by atoms with van der Waals surface area (Å²) in [6, 6.07) is -3.15. The van der Waals surface area contributed by atoms with E-state index in [1.165, 1.54) is 0 Å². The van der Waals surface area contributed by atoms with E-state index in [-0.39, 0.29) is 6.29 Å². The molecule has 37 heavy (non-hydrogen) atoms. The van der Waals surface area contributed by atoms with Crippen molar-refractivity contribution >= 4 is 41.8 Å². The van der Waals surface area contributed by atoms with Gasteiger partial charge in [-0.2, -0.15) is 0 Å². The molecule has 0 heterocycles. The first-order valence-electron chi connectivity index (χ1n) is 10.9. The van der Waals surface area contributed by atoms with Gasteiger partial charge in [0.2, 0.25) is 29.5 Å². The standard InChI is InChI=1S/C20H33N5O12/c1-8(19(35)25-10(3-4-14(31)32)20(36)23-5-13(21)30)16(18(22)34)37-17(15(33)12(29)7-27)11(6-26)24-9(2)28/h6,8,10-12,15-17,27,29,33H,3-5,7H2,1-2H3,(H2,21,30)(H2,22,34)(H,23,36)(H,24,28)(H,25,35)(H,31,32)/t8?,10?,11-,12+,15+,16?,17+/m0/s1. The number of aldehydes is 1. The van der Waals surface area contributed by atoms with E-state index in [2.05, 4.69) is 16.0 Å². The molecule has 11 N–H and O–H groups in total. The minimum Gasteiger partial charge on any atom is -0.481 e. The van der Waals surface area contributed by atoms with Gasteiger partial charge in [-0.3, -0.25) is 28.8 Å². The van der Waals surface area contributed by atoms with Crippen LogP contribution in [0.4, 0.5) is 0 Å². The molecular formula is C20H33N5O12. The number of carbonyl (C=O) groups is 7. The Balaban J connectivity index is 5.94. The molecule has 0 fully saturated rings. The Hall–Kier alpha value is -3.67. The molecular weight excluding hydrogens is 502 g/mol. The second-order valence-electron chi connectivity index (χ2n) is 7.99. The van der Waals surface area contributed by atoms with Crippen LogP contribution in [-0.4, -0.2) is 112 Å². The van der Waals surface area contributed by atoms with Gasteiger partial charge in [0.25, 0.3) is 0 Å². The number of carboxylic acids is 1. The van der Waals surface area contributed by atoms with E-state index in [0.717, 1.165) is 13.8 Å². The average molecular weight is 536 g/mol. The molecule has 0 aliphatic heterocycles. The Morgan fingerprint density at radius 1 is 1.03 bits per heavy atom. The fraction of sp³-hybridized carbons (Fsp3) is 0.650. The van der Waals surface area contributed by atoms with Crippen LogP contribution in [0.25, 0.3) is 0 Å². The van der Waals surface area contributed by atoms with Crippen molar-refractivity contribution in [2.24, 2.45) is 17.4 Å². The van der Waals surface area contributed by atoms with Crippen LogP contribution in [-0.2, 0) is 38.3 Å². The van der Waals surface area contributed by atoms with Crippen molar-refractivity contribution < 1.29 is 58.7 Å². The molecule has 7 atom stereocenters. The SMILES string of the molecule is CC(=O)N[C@@H](C=O)[C@@H](OC(C(N)=O)C(C)C(=O)NC(CCC(=O)O)C(=O)NCC(N)=O)[C@H](O)[C@H](O)CO. The highest BCUT2D eigenvalue weighted by atomic mass is 16.5. The van der Waals surface area contributed by atoms with E-state index in [9.17, 15) is 43.8 Å². The van der Waals surface area contributed by atoms with Gasteiger partial charge in [0.15, 0.2) is 0 Å². The summed E-state index contributed by atoms with van der Waals surface area (Å²) in [5.74, 6) is -7.82. The molecule has 0 aliphatic rings. The van der Waals surface area contributed by atoms with Crippen LogP contribution >= 0.6 is 0 Å². The summed E-state index contributed by atoms with van der Waals surface area (Å²) in [5, 5.41) is 44.6. The Bertz CT molecular complexity index is 854. The lowest BCUT2D eigenvalue weighted by Gasteiger charge is -2.34. The van der Waals surface area contributed by atoms with Crippen molar-refractivity contribution in [3.05, 3.63) is 0 Å². The minimum absolute atomic E-state index is 0.118. The normalized spacial score (nSPS) is 16.6. The predicted octanol–water partition coefficient (Wildman–Crippen LogP) is -5.77. The molecule has 210 valence electrons. The number of carboxylic acid groups (broad SMARTS) is 1. The van der Waals surface area contributed by atoms with Crippen LogP contribution in [0, 0.1) is 5.92 Å². The number of nitrogens with one attached hydrogen (secondary N) is 3. The molecule has 3 unspecified atom stereocenters. The summed E-state index contributed by atoms with van der Waals surface area (Å²) >= 11 is 0. The third kappa shape index (κ3) is 11.7. The smallest absolute Gasteiger partial charge is 0.303 e. The van der Waals surface area contributed by atoms with Crippen LogP contribution in [0.5, 0.6) is 0 Å². The molecule has 0 radical (unpaired) electrons. The van der Waals surface area contributed by atoms with Crippen LogP contribution < -0.4 is 27.4 Å². The average Bonchev–Trinajstić information content (AvgIpc) is 2.82. The zero-order chi connectivity index (χ0) is 28.9. The van der Waals surface area contributed by atoms with Crippen LogP contribution in [0.1, 0.15) is 26.7 Å². The minimum atomic E-state index is -2.05. The number of rotatable bonds is 18. The topological polar surface area (TPSA) is 298 Å². The van der Waals surface area contributed by atoms with Crippen molar-refractivity contribution in [2.45, 2.75) is 63.2 Å². The van der Waals surface area contributed by atoms with Gasteiger partial charge < -0.3 is 57.4 Å². The lowest BCUT2D eigenvalue weighted by molar-refractivity contribution is -0.167. The molecule has 0 spiro atoms. The molecule has 0 aromatic carbocycles. The molecule has 5 amide bonds. The fourth-order valence-electron chi connectivity index (χ4n) is 3.01. The number of aliphatic hydroxyl groups is 3. The van der Waals surface area contributed by atoms with Crippen LogP contribution in [0.3, 0.4) is 0 Å². The number of primary amides is 2. The highest BCUT2D eigenvalue weighted by Gasteiger charge is 2.40. The molecule has 0 aromatic heterocycles. The van der Waals surface area contributed by atoms with Gasteiger partial charge in [0, 0.05) is 13.3 Å². The number of aliphatic carboxylic acids is 1. The number of carbonyl (C=O) groups excluding carboxylic acids is 6. The summed E-state index contributed by atoms with van der Waals surface area (Å²) in [6.45, 7) is 0.518. The van der Waals surface area contributed by atoms with Gasteiger partial charge in [-0.15, -0.1) is 0 Å². The van der Waals surface area contributed by atoms with E-state index in [1.54, 1.807) is 0 Å². The highest BCUT2D eigenvalue weighted by molar-refractivity contribution is 5.93. The molecule has 0 aromatic rings. The number of nitrogens with two attached hydrogens (primary N) is 2. The van der Waals surface area contributed by atoms with Crippen molar-refractivity contribution in [2.75, 3.05) is 13.2 Å². The van der Waals surface area contributed by atoms with Crippen molar-refractivity contribution in [1.29, 1.82) is 0 Å². The molecule has 17 heteroatoms. The number of amides is 5. The lowest BCUT2D eigenvalue weighted by atomic mass is 9.98. The third-order valence-corrected chi connectivity index (χ3v) is 4.96. The molecule has 0 bridgehead atoms. The molecule has 0 saturated carbocycles. The number of hydrogen-bond acceptors (Lipinski definition) is 11. The second-order valence-corrected chi connectivity index (χ2v) is 7.99. The molecule has 17 nitrogen and oxygen atoms in total. The first-order chi connectivity index (χ1) is 17.2. The molecule has 0 rings (SSSR count). The van der Waals surface area contributed by atoms with E-state index in [0.29, 0.717) is 0 Å². The highest BCUT2D eigenvalue weighted by Crippen LogP contribution is 2.17. The number of aliphatic hydroxyl groups excluding tert-OH is 3. The Labute approximate surface area is 210 Å². The van der Waals surface area contributed by atoms with E-state index in [4.69, 9.17) is 26.4 Å². The molecule has 0 saturated heterocycles. The summed E-state index contributed by atoms with van der Waals surface area (Å²) in [4.78, 5) is 82.1. The third-order valence-electron chi connectivity index (χ3n) is 4.96.